The van der Waals surface area contributed by atoms with Crippen molar-refractivity contribution in [3.63, 3.8) is 0 Å². The van der Waals surface area contributed by atoms with Gasteiger partial charge >= 0.3 is 5.69 Å². The second-order valence-corrected chi connectivity index (χ2v) is 9.01. The summed E-state index contributed by atoms with van der Waals surface area (Å²) in [5.41, 5.74) is 5.86. The number of rotatable bonds is 2. The van der Waals surface area contributed by atoms with Crippen LogP contribution in [0.15, 0.2) is 82.4 Å². The number of nitrogens with one attached hydrogen (secondary N) is 1. The van der Waals surface area contributed by atoms with Crippen LogP contribution in [0.1, 0.15) is 22.9 Å². The Morgan fingerprint density at radius 3 is 2.26 bits per heavy atom. The second-order valence-electron chi connectivity index (χ2n) is 9.01. The molecule has 1 atom stereocenters. The monoisotopic (exact) mass is 466 g/mol. The lowest BCUT2D eigenvalue weighted by Gasteiger charge is -2.31. The lowest BCUT2D eigenvalue weighted by molar-refractivity contribution is 0.626. The Morgan fingerprint density at radius 2 is 1.54 bits per heavy atom. The van der Waals surface area contributed by atoms with Crippen LogP contribution in [-0.4, -0.2) is 13.7 Å². The number of para-hydroxylation sites is 2. The van der Waals surface area contributed by atoms with Crippen LogP contribution in [0.25, 0.3) is 27.8 Å². The zero-order valence-electron chi connectivity index (χ0n) is 19.5. The summed E-state index contributed by atoms with van der Waals surface area (Å²) in [5.74, 6) is -0.327. The first-order valence-corrected chi connectivity index (χ1v) is 11.4. The van der Waals surface area contributed by atoms with Crippen molar-refractivity contribution in [1.29, 1.82) is 0 Å². The summed E-state index contributed by atoms with van der Waals surface area (Å²) >= 11 is 0. The Kier molecular flexibility index (Phi) is 4.57. The van der Waals surface area contributed by atoms with Crippen molar-refractivity contribution in [3.05, 3.63) is 116 Å². The van der Waals surface area contributed by atoms with E-state index in [-0.39, 0.29) is 11.4 Å². The van der Waals surface area contributed by atoms with Crippen LogP contribution in [-0.2, 0) is 14.1 Å². The zero-order valence-corrected chi connectivity index (χ0v) is 19.5. The largest absolute Gasteiger partial charge is 0.371 e. The molecule has 174 valence electrons. The van der Waals surface area contributed by atoms with Crippen LogP contribution < -0.4 is 16.6 Å². The number of hydrogen-bond acceptors (Lipinski definition) is 3. The van der Waals surface area contributed by atoms with Crippen molar-refractivity contribution in [3.8, 4) is 16.9 Å². The Balaban J connectivity index is 1.85. The standard InChI is InChI=1S/C28H23FN4O2/c1-16-8-10-18(11-9-16)24-22-25(31(2)28(35)32(3)27(22)34)26-23(17-12-14-19(29)15-13-17)30-20-6-4-5-7-21(20)33(24)26/h4-15,23,30H,1-3H3/t23-/m0/s1. The summed E-state index contributed by atoms with van der Waals surface area (Å²) < 4.78 is 18.6. The van der Waals surface area contributed by atoms with E-state index in [1.54, 1.807) is 19.2 Å². The van der Waals surface area contributed by atoms with Gasteiger partial charge in [0.2, 0.25) is 0 Å². The molecule has 3 heterocycles. The Hall–Kier alpha value is -4.39. The minimum atomic E-state index is -0.412. The van der Waals surface area contributed by atoms with Gasteiger partial charge in [-0.25, -0.2) is 9.18 Å². The molecule has 0 saturated carbocycles. The number of anilines is 1. The van der Waals surface area contributed by atoms with E-state index in [1.807, 2.05) is 55.5 Å². The zero-order chi connectivity index (χ0) is 24.4. The van der Waals surface area contributed by atoms with Gasteiger partial charge in [-0.3, -0.25) is 13.9 Å². The normalized spacial score (nSPS) is 14.5. The Labute approximate surface area is 200 Å². The number of aryl methyl sites for hydroxylation is 2. The minimum Gasteiger partial charge on any atom is -0.371 e. The van der Waals surface area contributed by atoms with E-state index >= 15 is 0 Å². The van der Waals surface area contributed by atoms with Gasteiger partial charge in [-0.05, 0) is 42.3 Å². The molecule has 0 bridgehead atoms. The van der Waals surface area contributed by atoms with Crippen molar-refractivity contribution in [2.75, 3.05) is 5.32 Å². The van der Waals surface area contributed by atoms with Gasteiger partial charge in [0, 0.05) is 14.1 Å². The fourth-order valence-corrected chi connectivity index (χ4v) is 5.11. The van der Waals surface area contributed by atoms with Gasteiger partial charge in [0.1, 0.15) is 5.82 Å². The first-order chi connectivity index (χ1) is 16.9. The van der Waals surface area contributed by atoms with Crippen LogP contribution in [0.2, 0.25) is 0 Å². The molecule has 0 aliphatic carbocycles. The second kappa shape index (κ2) is 7.56. The van der Waals surface area contributed by atoms with E-state index in [0.717, 1.165) is 44.0 Å². The molecule has 2 aromatic heterocycles. The first-order valence-electron chi connectivity index (χ1n) is 11.4. The lowest BCUT2D eigenvalue weighted by Crippen LogP contribution is -2.37. The SMILES string of the molecule is Cc1ccc(-c2c3c(=O)n(C)c(=O)n(C)c3c3n2-c2ccccc2N[C@H]3c2ccc(F)cc2)cc1. The third-order valence-electron chi connectivity index (χ3n) is 6.86. The highest BCUT2D eigenvalue weighted by atomic mass is 19.1. The average Bonchev–Trinajstić information content (AvgIpc) is 3.23. The third kappa shape index (κ3) is 3.01. The lowest BCUT2D eigenvalue weighted by atomic mass is 9.99. The highest BCUT2D eigenvalue weighted by Gasteiger charge is 2.34. The van der Waals surface area contributed by atoms with Crippen LogP contribution in [0, 0.1) is 12.7 Å². The van der Waals surface area contributed by atoms with Gasteiger partial charge in [0.15, 0.2) is 0 Å². The maximum Gasteiger partial charge on any atom is 0.331 e. The smallest absolute Gasteiger partial charge is 0.331 e. The van der Waals surface area contributed by atoms with Crippen molar-refractivity contribution < 1.29 is 4.39 Å². The summed E-state index contributed by atoms with van der Waals surface area (Å²) in [4.78, 5) is 26.7. The molecule has 6 nitrogen and oxygen atoms in total. The van der Waals surface area contributed by atoms with Crippen molar-refractivity contribution in [2.45, 2.75) is 13.0 Å². The van der Waals surface area contributed by atoms with E-state index in [2.05, 4.69) is 9.88 Å². The fourth-order valence-electron chi connectivity index (χ4n) is 5.11. The number of aromatic nitrogens is 3. The summed E-state index contributed by atoms with van der Waals surface area (Å²) in [6.45, 7) is 2.02. The van der Waals surface area contributed by atoms with E-state index in [1.165, 1.54) is 23.7 Å². The molecule has 1 aliphatic heterocycles. The Bertz CT molecular complexity index is 1740. The molecule has 0 amide bonds. The Morgan fingerprint density at radius 1 is 0.857 bits per heavy atom. The minimum absolute atomic E-state index is 0.327. The molecule has 0 fully saturated rings. The molecule has 7 heteroatoms. The van der Waals surface area contributed by atoms with E-state index < -0.39 is 11.7 Å². The fraction of sp³-hybridized carbons (Fsp3) is 0.143. The summed E-state index contributed by atoms with van der Waals surface area (Å²) in [5, 5.41) is 4.04. The van der Waals surface area contributed by atoms with Gasteiger partial charge in [-0.1, -0.05) is 54.1 Å². The molecule has 35 heavy (non-hydrogen) atoms. The molecule has 1 aliphatic rings. The molecule has 0 unspecified atom stereocenters. The van der Waals surface area contributed by atoms with E-state index in [4.69, 9.17) is 0 Å². The molecule has 0 spiro atoms. The molecule has 6 rings (SSSR count). The highest BCUT2D eigenvalue weighted by Crippen LogP contribution is 2.45. The van der Waals surface area contributed by atoms with E-state index in [0.29, 0.717) is 10.9 Å². The van der Waals surface area contributed by atoms with Crippen LogP contribution in [0.5, 0.6) is 0 Å². The van der Waals surface area contributed by atoms with Crippen molar-refractivity contribution in [2.24, 2.45) is 14.1 Å². The molecule has 3 aromatic carbocycles. The predicted octanol–water partition coefficient (Wildman–Crippen LogP) is 4.66. The summed E-state index contributed by atoms with van der Waals surface area (Å²) in [7, 11) is 3.19. The maximum atomic E-state index is 13.8. The number of hydrogen-bond donors (Lipinski definition) is 1. The molecule has 0 radical (unpaired) electrons. The summed E-state index contributed by atoms with van der Waals surface area (Å²) in [6.07, 6.45) is 0. The van der Waals surface area contributed by atoms with Gasteiger partial charge in [0.25, 0.3) is 5.56 Å². The van der Waals surface area contributed by atoms with Gasteiger partial charge in [0.05, 0.1) is 39.7 Å². The third-order valence-corrected chi connectivity index (χ3v) is 6.86. The number of benzene rings is 3. The van der Waals surface area contributed by atoms with Gasteiger partial charge in [-0.2, -0.15) is 0 Å². The molecule has 0 saturated heterocycles. The first kappa shape index (κ1) is 21.2. The van der Waals surface area contributed by atoms with Crippen molar-refractivity contribution in [1.82, 2.24) is 13.7 Å². The highest BCUT2D eigenvalue weighted by molar-refractivity contribution is 5.99. The molecular formula is C28H23FN4O2. The van der Waals surface area contributed by atoms with Crippen LogP contribution in [0.4, 0.5) is 10.1 Å². The van der Waals surface area contributed by atoms with Crippen LogP contribution >= 0.6 is 0 Å². The maximum absolute atomic E-state index is 13.8. The predicted molar refractivity (Wildman–Crippen MR) is 136 cm³/mol. The molecular weight excluding hydrogens is 443 g/mol. The van der Waals surface area contributed by atoms with Gasteiger partial charge in [-0.15, -0.1) is 0 Å². The number of fused-ring (bicyclic) bond motifs is 5. The van der Waals surface area contributed by atoms with Gasteiger partial charge < -0.3 is 9.88 Å². The average molecular weight is 467 g/mol. The quantitative estimate of drug-likeness (QED) is 0.412. The van der Waals surface area contributed by atoms with E-state index in [9.17, 15) is 14.0 Å². The van der Waals surface area contributed by atoms with Crippen LogP contribution in [0.3, 0.4) is 0 Å². The summed E-state index contributed by atoms with van der Waals surface area (Å²) in [6, 6.07) is 21.8. The molecule has 1 N–H and O–H groups in total. The van der Waals surface area contributed by atoms with Crippen molar-refractivity contribution >= 4 is 16.6 Å². The number of halogens is 1. The topological polar surface area (TPSA) is 61.0 Å². The molecule has 5 aromatic rings. The number of nitrogens with zero attached hydrogens (tertiary/aromatic N) is 3.